The van der Waals surface area contributed by atoms with Gasteiger partial charge in [0.1, 0.15) is 12.4 Å². The number of hydrogen-bond donors (Lipinski definition) is 1. The summed E-state index contributed by atoms with van der Waals surface area (Å²) < 4.78 is 6.49. The van der Waals surface area contributed by atoms with Gasteiger partial charge in [-0.2, -0.15) is 0 Å². The highest BCUT2D eigenvalue weighted by Crippen LogP contribution is 2.23. The number of carbonyl (C=O) groups is 1. The lowest BCUT2D eigenvalue weighted by Crippen LogP contribution is -2.39. The minimum atomic E-state index is -0.0517. The second kappa shape index (κ2) is 8.80. The Morgan fingerprint density at radius 2 is 2.16 bits per heavy atom. The summed E-state index contributed by atoms with van der Waals surface area (Å²) in [5.41, 5.74) is 0. The van der Waals surface area contributed by atoms with Crippen molar-refractivity contribution in [3.8, 4) is 5.75 Å². The predicted octanol–water partition coefficient (Wildman–Crippen LogP) is 3.27. The van der Waals surface area contributed by atoms with E-state index in [2.05, 4.69) is 28.2 Å². The molecule has 5 heteroatoms. The van der Waals surface area contributed by atoms with Crippen LogP contribution in [0.15, 0.2) is 28.7 Å². The van der Waals surface area contributed by atoms with Gasteiger partial charge < -0.3 is 15.0 Å². The van der Waals surface area contributed by atoms with E-state index in [4.69, 9.17) is 4.74 Å². The first kappa shape index (κ1) is 15.8. The maximum Gasteiger partial charge on any atom is 0.317 e. The van der Waals surface area contributed by atoms with Crippen molar-refractivity contribution in [1.82, 2.24) is 10.2 Å². The zero-order valence-electron chi connectivity index (χ0n) is 11.5. The molecule has 0 saturated carbocycles. The van der Waals surface area contributed by atoms with Crippen molar-refractivity contribution >= 4 is 22.0 Å². The molecule has 0 aliphatic rings. The van der Waals surface area contributed by atoms with E-state index in [1.165, 1.54) is 0 Å². The number of halogens is 1. The fourth-order valence-electron chi connectivity index (χ4n) is 1.51. The molecule has 19 heavy (non-hydrogen) atoms. The molecule has 1 N–H and O–H groups in total. The molecule has 0 heterocycles. The molecule has 1 rings (SSSR count). The van der Waals surface area contributed by atoms with Crippen LogP contribution in [-0.2, 0) is 0 Å². The molecule has 2 amide bonds. The van der Waals surface area contributed by atoms with Gasteiger partial charge in [-0.25, -0.2) is 4.79 Å². The molecule has 0 aromatic heterocycles. The van der Waals surface area contributed by atoms with E-state index in [1.54, 1.807) is 11.9 Å². The van der Waals surface area contributed by atoms with Crippen LogP contribution in [0.25, 0.3) is 0 Å². The van der Waals surface area contributed by atoms with E-state index >= 15 is 0 Å². The third kappa shape index (κ3) is 5.96. The number of amides is 2. The van der Waals surface area contributed by atoms with Crippen molar-refractivity contribution in [2.24, 2.45) is 0 Å². The molecule has 0 radical (unpaired) electrons. The van der Waals surface area contributed by atoms with E-state index in [0.29, 0.717) is 13.2 Å². The Balaban J connectivity index is 2.20. The third-order valence-electron chi connectivity index (χ3n) is 2.67. The zero-order valence-corrected chi connectivity index (χ0v) is 13.1. The minimum absolute atomic E-state index is 0.0517. The molecular formula is C14H21BrN2O2. The van der Waals surface area contributed by atoms with Crippen molar-refractivity contribution in [2.45, 2.75) is 19.8 Å². The summed E-state index contributed by atoms with van der Waals surface area (Å²) in [6.07, 6.45) is 2.11. The fraction of sp³-hybridized carbons (Fsp3) is 0.500. The minimum Gasteiger partial charge on any atom is -0.491 e. The Kier molecular flexibility index (Phi) is 7.33. The molecule has 1 aromatic carbocycles. The Morgan fingerprint density at radius 3 is 2.84 bits per heavy atom. The molecule has 0 fully saturated rings. The highest BCUT2D eigenvalue weighted by Gasteiger charge is 2.06. The molecule has 106 valence electrons. The normalized spacial score (nSPS) is 10.1. The van der Waals surface area contributed by atoms with Gasteiger partial charge in [-0.05, 0) is 34.5 Å². The van der Waals surface area contributed by atoms with Gasteiger partial charge in [0.05, 0.1) is 11.0 Å². The van der Waals surface area contributed by atoms with Gasteiger partial charge >= 0.3 is 6.03 Å². The smallest absolute Gasteiger partial charge is 0.317 e. The maximum absolute atomic E-state index is 11.7. The number of benzene rings is 1. The molecule has 0 unspecified atom stereocenters. The summed E-state index contributed by atoms with van der Waals surface area (Å²) in [4.78, 5) is 13.4. The lowest BCUT2D eigenvalue weighted by Gasteiger charge is -2.17. The number of ether oxygens (including phenoxy) is 1. The zero-order chi connectivity index (χ0) is 14.1. The quantitative estimate of drug-likeness (QED) is 0.780. The van der Waals surface area contributed by atoms with Crippen LogP contribution in [0.3, 0.4) is 0 Å². The number of nitrogens with one attached hydrogen (secondary N) is 1. The number of urea groups is 1. The van der Waals surface area contributed by atoms with Gasteiger partial charge in [0.2, 0.25) is 0 Å². The Morgan fingerprint density at radius 1 is 1.42 bits per heavy atom. The summed E-state index contributed by atoms with van der Waals surface area (Å²) in [6, 6.07) is 7.61. The summed E-state index contributed by atoms with van der Waals surface area (Å²) >= 11 is 3.41. The molecule has 0 aliphatic heterocycles. The van der Waals surface area contributed by atoms with E-state index in [-0.39, 0.29) is 6.03 Å². The van der Waals surface area contributed by atoms with Crippen LogP contribution in [0.1, 0.15) is 19.8 Å². The first-order valence-electron chi connectivity index (χ1n) is 6.51. The van der Waals surface area contributed by atoms with Crippen LogP contribution in [0, 0.1) is 0 Å². The number of carbonyl (C=O) groups excluding carboxylic acids is 1. The van der Waals surface area contributed by atoms with Gasteiger partial charge in [0.15, 0.2) is 0 Å². The largest absolute Gasteiger partial charge is 0.491 e. The average Bonchev–Trinajstić information content (AvgIpc) is 2.42. The summed E-state index contributed by atoms with van der Waals surface area (Å²) in [7, 11) is 1.81. The molecule has 0 bridgehead atoms. The molecule has 0 atom stereocenters. The second-order valence-corrected chi connectivity index (χ2v) is 5.14. The lowest BCUT2D eigenvalue weighted by molar-refractivity contribution is 0.204. The van der Waals surface area contributed by atoms with Gasteiger partial charge in [-0.15, -0.1) is 0 Å². The molecule has 0 aliphatic carbocycles. The van der Waals surface area contributed by atoms with Crippen molar-refractivity contribution in [3.05, 3.63) is 28.7 Å². The van der Waals surface area contributed by atoms with Crippen LogP contribution in [0.5, 0.6) is 5.75 Å². The van der Waals surface area contributed by atoms with Gasteiger partial charge in [-0.1, -0.05) is 25.5 Å². The van der Waals surface area contributed by atoms with Gasteiger partial charge in [0, 0.05) is 13.6 Å². The van der Waals surface area contributed by atoms with E-state index in [0.717, 1.165) is 29.6 Å². The van der Waals surface area contributed by atoms with Crippen LogP contribution in [0.4, 0.5) is 4.79 Å². The molecule has 0 saturated heterocycles. The second-order valence-electron chi connectivity index (χ2n) is 4.29. The predicted molar refractivity (Wildman–Crippen MR) is 80.6 cm³/mol. The molecule has 1 aromatic rings. The van der Waals surface area contributed by atoms with Crippen LogP contribution >= 0.6 is 15.9 Å². The number of unbranched alkanes of at least 4 members (excludes halogenated alkanes) is 1. The Bertz CT molecular complexity index is 399. The van der Waals surface area contributed by atoms with Crippen molar-refractivity contribution < 1.29 is 9.53 Å². The number of rotatable bonds is 7. The van der Waals surface area contributed by atoms with Crippen LogP contribution < -0.4 is 10.1 Å². The Hall–Kier alpha value is -1.23. The lowest BCUT2D eigenvalue weighted by atomic mass is 10.3. The first-order valence-corrected chi connectivity index (χ1v) is 7.30. The summed E-state index contributed by atoms with van der Waals surface area (Å²) in [6.45, 7) is 3.84. The highest BCUT2D eigenvalue weighted by molar-refractivity contribution is 9.10. The van der Waals surface area contributed by atoms with Crippen molar-refractivity contribution in [2.75, 3.05) is 26.7 Å². The monoisotopic (exact) mass is 328 g/mol. The van der Waals surface area contributed by atoms with Crippen LogP contribution in [0.2, 0.25) is 0 Å². The van der Waals surface area contributed by atoms with E-state index in [9.17, 15) is 4.79 Å². The fourth-order valence-corrected chi connectivity index (χ4v) is 1.91. The summed E-state index contributed by atoms with van der Waals surface area (Å²) in [5.74, 6) is 0.788. The maximum atomic E-state index is 11.7. The molecule has 4 nitrogen and oxygen atoms in total. The Labute approximate surface area is 123 Å². The number of hydrogen-bond acceptors (Lipinski definition) is 2. The van der Waals surface area contributed by atoms with E-state index < -0.39 is 0 Å². The van der Waals surface area contributed by atoms with Gasteiger partial charge in [0.25, 0.3) is 0 Å². The average molecular weight is 329 g/mol. The first-order chi connectivity index (χ1) is 9.15. The topological polar surface area (TPSA) is 41.6 Å². The van der Waals surface area contributed by atoms with Crippen LogP contribution in [-0.4, -0.2) is 37.7 Å². The SMILES string of the molecule is CCCCN(C)C(=O)NCCOc1ccccc1Br. The highest BCUT2D eigenvalue weighted by atomic mass is 79.9. The number of nitrogens with zero attached hydrogens (tertiary/aromatic N) is 1. The number of para-hydroxylation sites is 1. The summed E-state index contributed by atoms with van der Waals surface area (Å²) in [5, 5.41) is 2.83. The van der Waals surface area contributed by atoms with Crippen molar-refractivity contribution in [3.63, 3.8) is 0 Å². The third-order valence-corrected chi connectivity index (χ3v) is 3.32. The van der Waals surface area contributed by atoms with Gasteiger partial charge in [-0.3, -0.25) is 0 Å². The van der Waals surface area contributed by atoms with E-state index in [1.807, 2.05) is 24.3 Å². The molecule has 0 spiro atoms. The molecular weight excluding hydrogens is 308 g/mol. The van der Waals surface area contributed by atoms with Crippen molar-refractivity contribution in [1.29, 1.82) is 0 Å². The standard InChI is InChI=1S/C14H21BrN2O2/c1-3-4-10-17(2)14(18)16-9-11-19-13-8-6-5-7-12(13)15/h5-8H,3-4,9-11H2,1-2H3,(H,16,18).